The summed E-state index contributed by atoms with van der Waals surface area (Å²) in [4.78, 5) is 53.0. The summed E-state index contributed by atoms with van der Waals surface area (Å²) in [6.07, 6.45) is 0. The Kier molecular flexibility index (Phi) is 18.0. The molecule has 79 heavy (non-hydrogen) atoms. The summed E-state index contributed by atoms with van der Waals surface area (Å²) in [6, 6.07) is 41.1. The van der Waals surface area contributed by atoms with Crippen LogP contribution in [-0.2, 0) is 17.8 Å². The SMILES string of the molecule is COc1ccc(Nc2nc(-c3cccc(CNc4ccc(C(=O)O)cc4)c3)nc3scnc23)cc1OC.COc1ccc(Nc2nc(-c3cccc(CNc4ccc(C(=O)OC(C)(C)C)cc4)c3)nc3scnc23)cc1OC.Cl. The molecule has 18 nitrogen and oxygen atoms in total. The van der Waals surface area contributed by atoms with Gasteiger partial charge in [0.1, 0.15) is 26.3 Å². The van der Waals surface area contributed by atoms with Gasteiger partial charge in [-0.15, -0.1) is 35.1 Å². The number of hydrogen-bond donors (Lipinski definition) is 5. The summed E-state index contributed by atoms with van der Waals surface area (Å²) in [5.74, 6) is 3.58. The number of thiazole rings is 2. The Morgan fingerprint density at radius 3 is 1.34 bits per heavy atom. The Morgan fingerprint density at radius 1 is 0.519 bits per heavy atom. The second kappa shape index (κ2) is 25.4. The fourth-order valence-electron chi connectivity index (χ4n) is 7.90. The largest absolute Gasteiger partial charge is 0.493 e. The van der Waals surface area contributed by atoms with Gasteiger partial charge in [0.2, 0.25) is 0 Å². The van der Waals surface area contributed by atoms with E-state index in [-0.39, 0.29) is 23.9 Å². The van der Waals surface area contributed by atoms with E-state index in [0.29, 0.717) is 76.0 Å². The van der Waals surface area contributed by atoms with E-state index in [2.05, 4.69) is 37.3 Å². The summed E-state index contributed by atoms with van der Waals surface area (Å²) >= 11 is 2.91. The van der Waals surface area contributed by atoms with E-state index in [1.54, 1.807) is 75.9 Å². The minimum absolute atomic E-state index is 0. The summed E-state index contributed by atoms with van der Waals surface area (Å²) in [5.41, 5.74) is 12.3. The molecule has 4 aromatic heterocycles. The first-order valence-electron chi connectivity index (χ1n) is 24.3. The van der Waals surface area contributed by atoms with Crippen LogP contribution in [0.1, 0.15) is 52.6 Å². The number of nitrogens with one attached hydrogen (secondary N) is 4. The predicted octanol–water partition coefficient (Wildman–Crippen LogP) is 13.3. The first-order valence-corrected chi connectivity index (χ1v) is 26.1. The molecule has 0 amide bonds. The van der Waals surface area contributed by atoms with Crippen LogP contribution in [0.2, 0.25) is 0 Å². The van der Waals surface area contributed by atoms with Gasteiger partial charge in [0.05, 0.1) is 50.6 Å². The topological polar surface area (TPSA) is 226 Å². The molecular weight excluding hydrogens is 1060 g/mol. The van der Waals surface area contributed by atoms with Crippen LogP contribution >= 0.6 is 35.1 Å². The van der Waals surface area contributed by atoms with Crippen LogP contribution in [0.5, 0.6) is 23.0 Å². The molecule has 10 rings (SSSR count). The van der Waals surface area contributed by atoms with Crippen molar-refractivity contribution in [3.8, 4) is 45.8 Å². The number of carbonyl (C=O) groups excluding carboxylic acids is 1. The monoisotopic (exact) mass is 1120 g/mol. The number of ether oxygens (including phenoxy) is 5. The second-order valence-corrected chi connectivity index (χ2v) is 19.9. The lowest BCUT2D eigenvalue weighted by atomic mass is 10.1. The minimum atomic E-state index is -0.947. The Labute approximate surface area is 469 Å². The first kappa shape index (κ1) is 56.1. The number of carboxylic acid groups (broad SMARTS) is 1. The van der Waals surface area contributed by atoms with E-state index in [9.17, 15) is 9.59 Å². The van der Waals surface area contributed by atoms with Crippen molar-refractivity contribution in [2.45, 2.75) is 39.5 Å². The van der Waals surface area contributed by atoms with Gasteiger partial charge in [0, 0.05) is 59.1 Å². The Morgan fingerprint density at radius 2 is 0.937 bits per heavy atom. The maximum absolute atomic E-state index is 12.3. The zero-order valence-corrected chi connectivity index (χ0v) is 46.4. The average molecular weight is 1120 g/mol. The van der Waals surface area contributed by atoms with Gasteiger partial charge < -0.3 is 50.1 Å². The Hall–Kier alpha value is -9.11. The van der Waals surface area contributed by atoms with Gasteiger partial charge in [0.25, 0.3) is 0 Å². The number of rotatable bonds is 18. The third kappa shape index (κ3) is 14.1. The third-order valence-electron chi connectivity index (χ3n) is 11.7. The van der Waals surface area contributed by atoms with Crippen molar-refractivity contribution in [1.82, 2.24) is 29.9 Å². The van der Waals surface area contributed by atoms with Crippen LogP contribution < -0.4 is 40.2 Å². The number of aromatic nitrogens is 6. The molecule has 0 atom stereocenters. The molecule has 0 saturated heterocycles. The van der Waals surface area contributed by atoms with Gasteiger partial charge in [-0.05, 0) is 117 Å². The maximum Gasteiger partial charge on any atom is 0.338 e. The van der Waals surface area contributed by atoms with Crippen LogP contribution in [-0.4, -0.2) is 81.0 Å². The van der Waals surface area contributed by atoms with Crippen LogP contribution in [0.4, 0.5) is 34.4 Å². The molecule has 4 heterocycles. The highest BCUT2D eigenvalue weighted by molar-refractivity contribution is 7.16. The van der Waals surface area contributed by atoms with E-state index < -0.39 is 11.6 Å². The molecule has 0 aliphatic carbocycles. The van der Waals surface area contributed by atoms with Crippen molar-refractivity contribution < 1.29 is 38.4 Å². The summed E-state index contributed by atoms with van der Waals surface area (Å²) in [7, 11) is 6.39. The molecule has 0 aliphatic heterocycles. The predicted molar refractivity (Wildman–Crippen MR) is 314 cm³/mol. The quantitative estimate of drug-likeness (QED) is 0.0503. The molecule has 0 spiro atoms. The van der Waals surface area contributed by atoms with Gasteiger partial charge >= 0.3 is 11.9 Å². The summed E-state index contributed by atoms with van der Waals surface area (Å²) < 4.78 is 27.0. The molecule has 0 aliphatic rings. The van der Waals surface area contributed by atoms with Crippen molar-refractivity contribution in [3.63, 3.8) is 0 Å². The van der Waals surface area contributed by atoms with Crippen molar-refractivity contribution >= 4 is 102 Å². The zero-order valence-electron chi connectivity index (χ0n) is 44.0. The average Bonchev–Trinajstić information content (AvgIpc) is 4.30. The van der Waals surface area contributed by atoms with E-state index in [1.807, 2.05) is 112 Å². The fraction of sp³-hybridized carbons (Fsp3) is 0.172. The molecule has 21 heteroatoms. The van der Waals surface area contributed by atoms with Gasteiger partial charge in [-0.1, -0.05) is 36.4 Å². The van der Waals surface area contributed by atoms with Crippen molar-refractivity contribution in [1.29, 1.82) is 0 Å². The third-order valence-corrected chi connectivity index (χ3v) is 13.1. The molecule has 404 valence electrons. The molecule has 6 aromatic carbocycles. The number of methoxy groups -OCH3 is 4. The van der Waals surface area contributed by atoms with Crippen LogP contribution in [0, 0.1) is 0 Å². The normalized spacial score (nSPS) is 10.9. The number of nitrogens with zero attached hydrogens (tertiary/aromatic N) is 6. The molecule has 10 aromatic rings. The Balaban J connectivity index is 0.000000206. The lowest BCUT2D eigenvalue weighted by molar-refractivity contribution is 0.00692. The number of hydrogen-bond acceptors (Lipinski definition) is 19. The highest BCUT2D eigenvalue weighted by Crippen LogP contribution is 2.36. The number of fused-ring (bicyclic) bond motifs is 2. The van der Waals surface area contributed by atoms with Crippen LogP contribution in [0.15, 0.2) is 144 Å². The first-order chi connectivity index (χ1) is 37.8. The highest BCUT2D eigenvalue weighted by Gasteiger charge is 2.19. The number of esters is 1. The van der Waals surface area contributed by atoms with E-state index >= 15 is 0 Å². The number of carbonyl (C=O) groups is 2. The van der Waals surface area contributed by atoms with Crippen LogP contribution in [0.25, 0.3) is 43.5 Å². The van der Waals surface area contributed by atoms with Crippen LogP contribution in [0.3, 0.4) is 0 Å². The standard InChI is InChI=1S/C31H31N5O4S.C27H23N5O4S.ClH/c1-31(2,3)40-30(37)20-9-11-22(12-10-20)32-17-19-7-6-8-21(15-19)27-35-28(26-29(36-27)41-18-33-26)34-23-13-14-24(38-4)25(16-23)39-5;1-35-21-11-10-20(13-22(21)36-2)30-25-23-26(37-15-29-23)32-24(31-25)18-5-3-4-16(12-18)14-28-19-8-6-17(7-9-19)27(33)34;/h6-16,18,32H,17H2,1-5H3,(H,34,35,36);3-13,15,28H,14H2,1-2H3,(H,33,34)(H,30,31,32);1H. The number of anilines is 6. The molecule has 5 N–H and O–H groups in total. The maximum atomic E-state index is 12.3. The fourth-order valence-corrected chi connectivity index (χ4v) is 9.21. The lowest BCUT2D eigenvalue weighted by Gasteiger charge is -2.19. The smallest absolute Gasteiger partial charge is 0.338 e. The highest BCUT2D eigenvalue weighted by atomic mass is 35.5. The molecule has 0 saturated carbocycles. The van der Waals surface area contributed by atoms with Crippen molar-refractivity contribution in [2.24, 2.45) is 0 Å². The van der Waals surface area contributed by atoms with E-state index in [0.717, 1.165) is 54.7 Å². The molecule has 0 radical (unpaired) electrons. The second-order valence-electron chi connectivity index (χ2n) is 18.3. The van der Waals surface area contributed by atoms with Crippen molar-refractivity contribution in [2.75, 3.05) is 49.7 Å². The lowest BCUT2D eigenvalue weighted by Crippen LogP contribution is -2.23. The van der Waals surface area contributed by atoms with Crippen molar-refractivity contribution in [3.05, 3.63) is 167 Å². The molecule has 0 unspecified atom stereocenters. The number of carboxylic acids is 1. The minimum Gasteiger partial charge on any atom is -0.493 e. The van der Waals surface area contributed by atoms with Gasteiger partial charge in [0.15, 0.2) is 46.3 Å². The van der Waals surface area contributed by atoms with Gasteiger partial charge in [-0.3, -0.25) is 0 Å². The van der Waals surface area contributed by atoms with Gasteiger partial charge in [-0.25, -0.2) is 39.5 Å². The molecule has 0 fully saturated rings. The van der Waals surface area contributed by atoms with E-state index in [4.69, 9.17) is 48.7 Å². The Bertz CT molecular complexity index is 3740. The van der Waals surface area contributed by atoms with E-state index in [1.165, 1.54) is 22.7 Å². The number of benzene rings is 6. The van der Waals surface area contributed by atoms with Gasteiger partial charge in [-0.2, -0.15) is 0 Å². The summed E-state index contributed by atoms with van der Waals surface area (Å²) in [5, 5.41) is 22.5. The molecule has 0 bridgehead atoms. The zero-order chi connectivity index (χ0) is 54.8. The number of halogens is 1. The number of aromatic carboxylic acids is 1. The summed E-state index contributed by atoms with van der Waals surface area (Å²) in [6.45, 7) is 6.69. The molecular formula is C58H55ClN10O8S2.